The smallest absolute Gasteiger partial charge is 0.335 e. The maximum absolute atomic E-state index is 12.7. The summed E-state index contributed by atoms with van der Waals surface area (Å²) >= 11 is 0. The summed E-state index contributed by atoms with van der Waals surface area (Å²) in [6.07, 6.45) is 1.52. The summed E-state index contributed by atoms with van der Waals surface area (Å²) in [6, 6.07) is 0. The molecule has 254 valence electrons. The molecule has 2 heterocycles. The molecule has 0 aromatic carbocycles. The third kappa shape index (κ3) is 11.4. The fraction of sp³-hybridized carbons (Fsp3) is 0.967. The van der Waals surface area contributed by atoms with Gasteiger partial charge in [0.25, 0.3) is 0 Å². The fourth-order valence-electron chi connectivity index (χ4n) is 5.63. The van der Waals surface area contributed by atoms with Crippen LogP contribution in [0, 0.1) is 0 Å². The number of aliphatic hydroxyl groups is 8. The molecule has 0 amide bonds. The molecule has 13 heteroatoms. The second-order valence-electron chi connectivity index (χ2n) is 11.9. The van der Waals surface area contributed by atoms with E-state index < -0.39 is 86.7 Å². The van der Waals surface area contributed by atoms with Crippen molar-refractivity contribution in [3.05, 3.63) is 0 Å². The normalized spacial score (nSPS) is 33.5. The van der Waals surface area contributed by atoms with E-state index in [1.807, 2.05) is 0 Å². The third-order valence-electron chi connectivity index (χ3n) is 8.39. The van der Waals surface area contributed by atoms with Gasteiger partial charge in [-0.3, -0.25) is 0 Å². The zero-order valence-corrected chi connectivity index (χ0v) is 25.5. The molecule has 0 radical (unpaired) electrons. The Labute approximate surface area is 254 Å². The van der Waals surface area contributed by atoms with Crippen molar-refractivity contribution in [2.75, 3.05) is 19.8 Å². The predicted molar refractivity (Wildman–Crippen MR) is 153 cm³/mol. The summed E-state index contributed by atoms with van der Waals surface area (Å²) in [5, 5.41) is 80.8. The van der Waals surface area contributed by atoms with Crippen molar-refractivity contribution in [2.24, 2.45) is 0 Å². The van der Waals surface area contributed by atoms with Crippen LogP contribution in [-0.2, 0) is 23.7 Å². The highest BCUT2D eigenvalue weighted by Gasteiger charge is 2.61. The summed E-state index contributed by atoms with van der Waals surface area (Å²) in [6.45, 7) is -0.328. The molecule has 2 fully saturated rings. The van der Waals surface area contributed by atoms with Gasteiger partial charge < -0.3 is 59.8 Å². The lowest BCUT2D eigenvalue weighted by Gasteiger charge is -2.43. The van der Waals surface area contributed by atoms with Crippen LogP contribution in [0.3, 0.4) is 0 Å². The first-order chi connectivity index (χ1) is 20.6. The Morgan fingerprint density at radius 2 is 1.23 bits per heavy atom. The number of rotatable bonds is 22. The van der Waals surface area contributed by atoms with E-state index in [-0.39, 0.29) is 6.42 Å². The highest BCUT2D eigenvalue weighted by atomic mass is 16.8. The summed E-state index contributed by atoms with van der Waals surface area (Å²) < 4.78 is 21.7. The average molecular weight is 625 g/mol. The first kappa shape index (κ1) is 38.2. The number of carbonyl (C=O) groups is 1. The predicted octanol–water partition coefficient (Wildman–Crippen LogP) is 0.388. The van der Waals surface area contributed by atoms with Crippen LogP contribution in [0.25, 0.3) is 0 Å². The number of unbranched alkanes of at least 4 members (excludes halogenated alkanes) is 13. The van der Waals surface area contributed by atoms with Crippen LogP contribution >= 0.6 is 0 Å². The van der Waals surface area contributed by atoms with E-state index >= 15 is 0 Å². The SMILES string of the molecule is CCCCCCCCCCCCCCCCC(O)C(=O)O[C@H]1[C@H](O)[C@@H](CO)O[C@@]1(CO)O[C@H]1O[C@H](CO)[C@@H](O)[C@H](O)[C@H]1O. The molecule has 0 aromatic rings. The number of aliphatic hydroxyl groups excluding tert-OH is 8. The molecule has 2 rings (SSSR count). The molecular formula is C30H56O13. The number of hydrogen-bond donors (Lipinski definition) is 8. The van der Waals surface area contributed by atoms with Gasteiger partial charge in [0.15, 0.2) is 18.5 Å². The van der Waals surface area contributed by atoms with Crippen molar-refractivity contribution in [3.63, 3.8) is 0 Å². The van der Waals surface area contributed by atoms with Crippen molar-refractivity contribution < 1.29 is 64.6 Å². The van der Waals surface area contributed by atoms with Gasteiger partial charge in [0.05, 0.1) is 13.2 Å². The van der Waals surface area contributed by atoms with Gasteiger partial charge in [0, 0.05) is 0 Å². The molecule has 0 bridgehead atoms. The second kappa shape index (κ2) is 20.2. The van der Waals surface area contributed by atoms with Gasteiger partial charge in [-0.05, 0) is 6.42 Å². The average Bonchev–Trinajstić information content (AvgIpc) is 3.27. The van der Waals surface area contributed by atoms with E-state index in [2.05, 4.69) is 6.92 Å². The van der Waals surface area contributed by atoms with Gasteiger partial charge in [-0.15, -0.1) is 0 Å². The molecular weight excluding hydrogens is 568 g/mol. The van der Waals surface area contributed by atoms with Gasteiger partial charge in [0.2, 0.25) is 5.79 Å². The van der Waals surface area contributed by atoms with Gasteiger partial charge in [-0.25, -0.2) is 4.79 Å². The minimum Gasteiger partial charge on any atom is -0.452 e. The fourth-order valence-corrected chi connectivity index (χ4v) is 5.63. The molecule has 2 aliphatic rings. The maximum atomic E-state index is 12.7. The zero-order valence-electron chi connectivity index (χ0n) is 25.5. The molecule has 1 unspecified atom stereocenters. The monoisotopic (exact) mass is 624 g/mol. The molecule has 2 aliphatic heterocycles. The van der Waals surface area contributed by atoms with Crippen LogP contribution in [0.5, 0.6) is 0 Å². The third-order valence-corrected chi connectivity index (χ3v) is 8.39. The Morgan fingerprint density at radius 1 is 0.721 bits per heavy atom. The van der Waals surface area contributed by atoms with Crippen LogP contribution < -0.4 is 0 Å². The molecule has 43 heavy (non-hydrogen) atoms. The Morgan fingerprint density at radius 3 is 1.72 bits per heavy atom. The molecule has 10 atom stereocenters. The Hall–Kier alpha value is -0.970. The molecule has 8 N–H and O–H groups in total. The molecule has 0 saturated carbocycles. The minimum absolute atomic E-state index is 0.115. The lowest BCUT2D eigenvalue weighted by atomic mass is 9.99. The van der Waals surface area contributed by atoms with Gasteiger partial charge >= 0.3 is 5.97 Å². The van der Waals surface area contributed by atoms with Crippen molar-refractivity contribution in [3.8, 4) is 0 Å². The van der Waals surface area contributed by atoms with E-state index in [9.17, 15) is 45.6 Å². The van der Waals surface area contributed by atoms with Gasteiger partial charge in [-0.1, -0.05) is 96.8 Å². The van der Waals surface area contributed by atoms with Crippen molar-refractivity contribution in [2.45, 2.75) is 164 Å². The van der Waals surface area contributed by atoms with E-state index in [4.69, 9.17) is 18.9 Å². The Balaban J connectivity index is 1.78. The molecule has 0 aliphatic carbocycles. The van der Waals surface area contributed by atoms with E-state index in [1.54, 1.807) is 0 Å². The lowest BCUT2D eigenvalue weighted by molar-refractivity contribution is -0.384. The Bertz CT molecular complexity index is 756. The van der Waals surface area contributed by atoms with Crippen LogP contribution in [0.15, 0.2) is 0 Å². The lowest BCUT2D eigenvalue weighted by Crippen LogP contribution is -2.63. The van der Waals surface area contributed by atoms with Crippen LogP contribution in [-0.4, -0.2) is 128 Å². The largest absolute Gasteiger partial charge is 0.452 e. The van der Waals surface area contributed by atoms with E-state index in [1.165, 1.54) is 57.8 Å². The van der Waals surface area contributed by atoms with Crippen molar-refractivity contribution >= 4 is 5.97 Å². The standard InChI is InChI=1S/C30H56O13/c1-2-3-4-5-6-7-8-9-10-11-12-13-14-15-16-20(34)28(39)41-27-24(36)22(18-32)42-30(27,19-33)43-29-26(38)25(37)23(35)21(17-31)40-29/h20-27,29,31-38H,2-19H2,1H3/t20?,21-,22-,23-,24-,25+,26-,27+,29-,30+/m1/s1. The molecule has 13 nitrogen and oxygen atoms in total. The van der Waals surface area contributed by atoms with E-state index in [0.717, 1.165) is 25.7 Å². The quantitative estimate of drug-likeness (QED) is 0.0605. The number of ether oxygens (including phenoxy) is 4. The van der Waals surface area contributed by atoms with Crippen molar-refractivity contribution in [1.82, 2.24) is 0 Å². The summed E-state index contributed by atoms with van der Waals surface area (Å²) in [5.41, 5.74) is 0. The van der Waals surface area contributed by atoms with Crippen LogP contribution in [0.2, 0.25) is 0 Å². The van der Waals surface area contributed by atoms with Gasteiger partial charge in [-0.2, -0.15) is 0 Å². The van der Waals surface area contributed by atoms with Crippen molar-refractivity contribution in [1.29, 1.82) is 0 Å². The van der Waals surface area contributed by atoms with Crippen LogP contribution in [0.4, 0.5) is 0 Å². The second-order valence-corrected chi connectivity index (χ2v) is 11.9. The Kier molecular flexibility index (Phi) is 18.0. The number of hydrogen-bond acceptors (Lipinski definition) is 13. The summed E-state index contributed by atoms with van der Waals surface area (Å²) in [7, 11) is 0. The maximum Gasteiger partial charge on any atom is 0.335 e. The molecule has 2 saturated heterocycles. The zero-order chi connectivity index (χ0) is 31.8. The number of esters is 1. The van der Waals surface area contributed by atoms with Crippen LogP contribution in [0.1, 0.15) is 103 Å². The summed E-state index contributed by atoms with van der Waals surface area (Å²) in [5.74, 6) is -3.47. The van der Waals surface area contributed by atoms with Gasteiger partial charge in [0.1, 0.15) is 43.2 Å². The highest BCUT2D eigenvalue weighted by Crippen LogP contribution is 2.38. The summed E-state index contributed by atoms with van der Waals surface area (Å²) in [4.78, 5) is 12.7. The topological polar surface area (TPSA) is 216 Å². The van der Waals surface area contributed by atoms with E-state index in [0.29, 0.717) is 6.42 Å². The number of carbonyl (C=O) groups excluding carboxylic acids is 1. The molecule has 0 aromatic heterocycles. The first-order valence-corrected chi connectivity index (χ1v) is 16.1. The highest BCUT2D eigenvalue weighted by molar-refractivity contribution is 5.74. The first-order valence-electron chi connectivity index (χ1n) is 16.1. The molecule has 0 spiro atoms. The minimum atomic E-state index is -2.37.